The minimum Gasteiger partial charge on any atom is -0.454 e. The Balaban J connectivity index is 2.71. The lowest BCUT2D eigenvalue weighted by Gasteiger charge is -2.00. The highest BCUT2D eigenvalue weighted by Gasteiger charge is 2.05. The Hall–Kier alpha value is -1.35. The zero-order valence-corrected chi connectivity index (χ0v) is 7.45. The number of carbonyl (C=O) groups excluding carboxylic acids is 2. The van der Waals surface area contributed by atoms with E-state index in [1.165, 1.54) is 6.07 Å². The standard InChI is InChI=1S/C9H7ClO3/c10-8-3-1-2-7(6-8)9(12)13-5-4-11/h1-4,6H,5H2. The van der Waals surface area contributed by atoms with Crippen molar-refractivity contribution in [1.82, 2.24) is 0 Å². The van der Waals surface area contributed by atoms with E-state index in [2.05, 4.69) is 4.74 Å². The second kappa shape index (κ2) is 4.62. The van der Waals surface area contributed by atoms with Crippen molar-refractivity contribution >= 4 is 23.9 Å². The van der Waals surface area contributed by atoms with Crippen molar-refractivity contribution in [3.8, 4) is 0 Å². The lowest BCUT2D eigenvalue weighted by molar-refractivity contribution is -0.110. The molecule has 68 valence electrons. The van der Waals surface area contributed by atoms with Crippen molar-refractivity contribution < 1.29 is 14.3 Å². The predicted octanol–water partition coefficient (Wildman–Crippen LogP) is 1.70. The van der Waals surface area contributed by atoms with Crippen LogP contribution in [0.3, 0.4) is 0 Å². The van der Waals surface area contributed by atoms with Gasteiger partial charge >= 0.3 is 5.97 Å². The maximum absolute atomic E-state index is 11.1. The first-order valence-electron chi connectivity index (χ1n) is 3.60. The number of ether oxygens (including phenoxy) is 1. The molecule has 0 N–H and O–H groups in total. The van der Waals surface area contributed by atoms with E-state index in [9.17, 15) is 9.59 Å². The fourth-order valence-electron chi connectivity index (χ4n) is 0.808. The summed E-state index contributed by atoms with van der Waals surface area (Å²) < 4.78 is 4.57. The van der Waals surface area contributed by atoms with Gasteiger partial charge in [0.1, 0.15) is 6.61 Å². The average Bonchev–Trinajstić information content (AvgIpc) is 2.14. The topological polar surface area (TPSA) is 43.4 Å². The third-order valence-corrected chi connectivity index (χ3v) is 1.58. The predicted molar refractivity (Wildman–Crippen MR) is 47.8 cm³/mol. The van der Waals surface area contributed by atoms with Gasteiger partial charge in [-0.25, -0.2) is 4.79 Å². The summed E-state index contributed by atoms with van der Waals surface area (Å²) in [6, 6.07) is 6.34. The normalized spacial score (nSPS) is 9.31. The Morgan fingerprint density at radius 2 is 2.31 bits per heavy atom. The van der Waals surface area contributed by atoms with Crippen molar-refractivity contribution in [2.24, 2.45) is 0 Å². The van der Waals surface area contributed by atoms with Crippen molar-refractivity contribution in [3.63, 3.8) is 0 Å². The first-order chi connectivity index (χ1) is 6.24. The highest BCUT2D eigenvalue weighted by Crippen LogP contribution is 2.11. The smallest absolute Gasteiger partial charge is 0.338 e. The van der Waals surface area contributed by atoms with E-state index in [1.807, 2.05) is 0 Å². The van der Waals surface area contributed by atoms with E-state index in [1.54, 1.807) is 18.2 Å². The molecule has 4 heteroatoms. The Bertz CT molecular complexity index is 322. The Kier molecular flexibility index (Phi) is 3.46. The molecule has 0 aliphatic carbocycles. The number of esters is 1. The van der Waals surface area contributed by atoms with Crippen molar-refractivity contribution in [3.05, 3.63) is 34.9 Å². The largest absolute Gasteiger partial charge is 0.454 e. The van der Waals surface area contributed by atoms with Crippen LogP contribution in [-0.4, -0.2) is 18.9 Å². The molecule has 1 aromatic carbocycles. The minimum atomic E-state index is -0.547. The minimum absolute atomic E-state index is 0.231. The molecule has 0 saturated heterocycles. The van der Waals surface area contributed by atoms with Gasteiger partial charge in [-0.15, -0.1) is 0 Å². The van der Waals surface area contributed by atoms with Gasteiger partial charge in [0.25, 0.3) is 0 Å². The van der Waals surface area contributed by atoms with E-state index in [-0.39, 0.29) is 6.61 Å². The second-order valence-electron chi connectivity index (χ2n) is 2.28. The van der Waals surface area contributed by atoms with Gasteiger partial charge in [-0.1, -0.05) is 17.7 Å². The van der Waals surface area contributed by atoms with Crippen LogP contribution < -0.4 is 0 Å². The van der Waals surface area contributed by atoms with Crippen molar-refractivity contribution in [1.29, 1.82) is 0 Å². The van der Waals surface area contributed by atoms with Crippen LogP contribution in [0.1, 0.15) is 10.4 Å². The average molecular weight is 199 g/mol. The highest BCUT2D eigenvalue weighted by molar-refractivity contribution is 6.30. The van der Waals surface area contributed by atoms with Gasteiger partial charge in [0.2, 0.25) is 0 Å². The van der Waals surface area contributed by atoms with Gasteiger partial charge in [0, 0.05) is 5.02 Å². The lowest BCUT2D eigenvalue weighted by atomic mass is 10.2. The van der Waals surface area contributed by atoms with Crippen LogP contribution in [0.15, 0.2) is 24.3 Å². The fraction of sp³-hybridized carbons (Fsp3) is 0.111. The molecule has 0 bridgehead atoms. The molecule has 0 heterocycles. The van der Waals surface area contributed by atoms with Gasteiger partial charge in [-0.2, -0.15) is 0 Å². The number of hydrogen-bond acceptors (Lipinski definition) is 3. The summed E-state index contributed by atoms with van der Waals surface area (Å²) in [5.74, 6) is -0.547. The molecule has 0 fully saturated rings. The van der Waals surface area contributed by atoms with E-state index in [0.717, 1.165) is 0 Å². The summed E-state index contributed by atoms with van der Waals surface area (Å²) in [6.07, 6.45) is 0.516. The molecule has 13 heavy (non-hydrogen) atoms. The van der Waals surface area contributed by atoms with Crippen LogP contribution in [0.25, 0.3) is 0 Å². The third kappa shape index (κ3) is 2.87. The van der Waals surface area contributed by atoms with Crippen LogP contribution >= 0.6 is 11.6 Å². The molecule has 1 aromatic rings. The zero-order chi connectivity index (χ0) is 9.68. The number of hydrogen-bond donors (Lipinski definition) is 0. The second-order valence-corrected chi connectivity index (χ2v) is 2.71. The Morgan fingerprint density at radius 3 is 2.92 bits per heavy atom. The molecule has 0 aliphatic rings. The molecule has 0 saturated carbocycles. The van der Waals surface area contributed by atoms with Crippen LogP contribution in [0.4, 0.5) is 0 Å². The number of halogens is 1. The SMILES string of the molecule is O=CCOC(=O)c1cccc(Cl)c1. The highest BCUT2D eigenvalue weighted by atomic mass is 35.5. The molecule has 0 radical (unpaired) electrons. The quantitative estimate of drug-likeness (QED) is 0.549. The summed E-state index contributed by atoms with van der Waals surface area (Å²) in [4.78, 5) is 21.0. The summed E-state index contributed by atoms with van der Waals surface area (Å²) >= 11 is 5.65. The molecule has 0 aliphatic heterocycles. The van der Waals surface area contributed by atoms with Crippen LogP contribution in [0, 0.1) is 0 Å². The maximum atomic E-state index is 11.1. The lowest BCUT2D eigenvalue weighted by Crippen LogP contribution is -2.06. The van der Waals surface area contributed by atoms with E-state index in [4.69, 9.17) is 11.6 Å². The molecule has 1 rings (SSSR count). The molecular weight excluding hydrogens is 192 g/mol. The fourth-order valence-corrected chi connectivity index (χ4v) is 0.999. The van der Waals surface area contributed by atoms with Gasteiger partial charge in [-0.3, -0.25) is 4.79 Å². The monoisotopic (exact) mass is 198 g/mol. The van der Waals surface area contributed by atoms with Crippen LogP contribution in [0.2, 0.25) is 5.02 Å². The van der Waals surface area contributed by atoms with Crippen LogP contribution in [-0.2, 0) is 9.53 Å². The molecule has 0 amide bonds. The maximum Gasteiger partial charge on any atom is 0.338 e. The molecule has 0 spiro atoms. The van der Waals surface area contributed by atoms with E-state index in [0.29, 0.717) is 16.9 Å². The number of rotatable bonds is 3. The Labute approximate surface area is 80.3 Å². The summed E-state index contributed by atoms with van der Waals surface area (Å²) in [6.45, 7) is -0.231. The number of carbonyl (C=O) groups is 2. The summed E-state index contributed by atoms with van der Waals surface area (Å²) in [5.41, 5.74) is 0.342. The number of aldehydes is 1. The van der Waals surface area contributed by atoms with E-state index < -0.39 is 5.97 Å². The first-order valence-corrected chi connectivity index (χ1v) is 3.98. The first kappa shape index (κ1) is 9.74. The third-order valence-electron chi connectivity index (χ3n) is 1.34. The van der Waals surface area contributed by atoms with Gasteiger partial charge in [0.05, 0.1) is 5.56 Å². The van der Waals surface area contributed by atoms with Crippen molar-refractivity contribution in [2.75, 3.05) is 6.61 Å². The molecular formula is C9H7ClO3. The molecule has 0 atom stereocenters. The zero-order valence-electron chi connectivity index (χ0n) is 6.70. The van der Waals surface area contributed by atoms with Gasteiger partial charge in [-0.05, 0) is 18.2 Å². The van der Waals surface area contributed by atoms with Gasteiger partial charge < -0.3 is 4.74 Å². The Morgan fingerprint density at radius 1 is 1.54 bits per heavy atom. The molecule has 0 unspecified atom stereocenters. The van der Waals surface area contributed by atoms with Crippen LogP contribution in [0.5, 0.6) is 0 Å². The van der Waals surface area contributed by atoms with Crippen molar-refractivity contribution in [2.45, 2.75) is 0 Å². The summed E-state index contributed by atoms with van der Waals surface area (Å²) in [5, 5.41) is 0.459. The molecule has 3 nitrogen and oxygen atoms in total. The van der Waals surface area contributed by atoms with E-state index >= 15 is 0 Å². The molecule has 0 aromatic heterocycles. The number of benzene rings is 1. The summed E-state index contributed by atoms with van der Waals surface area (Å²) in [7, 11) is 0. The van der Waals surface area contributed by atoms with Gasteiger partial charge in [0.15, 0.2) is 6.29 Å².